The third-order valence-electron chi connectivity index (χ3n) is 3.38. The molecule has 2 heteroatoms. The average molecular weight is 190 g/mol. The van der Waals surface area contributed by atoms with E-state index in [9.17, 15) is 0 Å². The maximum atomic E-state index is 6.17. The fourth-order valence-corrected chi connectivity index (χ4v) is 1.95. The molecule has 0 bridgehead atoms. The Hall–Kier alpha value is -0.890. The van der Waals surface area contributed by atoms with Gasteiger partial charge in [-0.2, -0.15) is 0 Å². The SMILES string of the molecule is Cc1cc(C(N)C2CC2C)cnc1C. The van der Waals surface area contributed by atoms with Crippen molar-refractivity contribution in [1.82, 2.24) is 4.98 Å². The van der Waals surface area contributed by atoms with Crippen molar-refractivity contribution in [2.24, 2.45) is 17.6 Å². The molecule has 0 saturated heterocycles. The maximum absolute atomic E-state index is 6.17. The number of aryl methyl sites for hydroxylation is 2. The lowest BCUT2D eigenvalue weighted by Gasteiger charge is -2.12. The fourth-order valence-electron chi connectivity index (χ4n) is 1.95. The third kappa shape index (κ3) is 1.67. The highest BCUT2D eigenvalue weighted by atomic mass is 14.7. The highest BCUT2D eigenvalue weighted by Gasteiger charge is 2.38. The van der Waals surface area contributed by atoms with Gasteiger partial charge in [0.15, 0.2) is 0 Å². The average Bonchev–Trinajstić information content (AvgIpc) is 2.86. The number of pyridine rings is 1. The first-order chi connectivity index (χ1) is 6.59. The second kappa shape index (κ2) is 3.35. The molecule has 2 rings (SSSR count). The molecule has 0 radical (unpaired) electrons. The molecule has 1 aliphatic carbocycles. The number of rotatable bonds is 2. The molecular formula is C12H18N2. The van der Waals surface area contributed by atoms with Gasteiger partial charge in [-0.15, -0.1) is 0 Å². The number of nitrogens with two attached hydrogens (primary N) is 1. The summed E-state index contributed by atoms with van der Waals surface area (Å²) in [5.41, 5.74) is 9.71. The van der Waals surface area contributed by atoms with Crippen molar-refractivity contribution in [3.63, 3.8) is 0 Å². The van der Waals surface area contributed by atoms with Gasteiger partial charge >= 0.3 is 0 Å². The van der Waals surface area contributed by atoms with Gasteiger partial charge in [0, 0.05) is 17.9 Å². The first kappa shape index (κ1) is 9.66. The van der Waals surface area contributed by atoms with E-state index in [1.54, 1.807) is 0 Å². The van der Waals surface area contributed by atoms with E-state index in [-0.39, 0.29) is 6.04 Å². The van der Waals surface area contributed by atoms with Crippen LogP contribution in [0.4, 0.5) is 0 Å². The molecule has 2 N–H and O–H groups in total. The van der Waals surface area contributed by atoms with Crippen molar-refractivity contribution in [2.75, 3.05) is 0 Å². The Bertz CT molecular complexity index is 346. The quantitative estimate of drug-likeness (QED) is 0.777. The molecule has 1 saturated carbocycles. The third-order valence-corrected chi connectivity index (χ3v) is 3.38. The lowest BCUT2D eigenvalue weighted by atomic mass is 10.0. The number of aromatic nitrogens is 1. The van der Waals surface area contributed by atoms with Gasteiger partial charge in [0.1, 0.15) is 0 Å². The van der Waals surface area contributed by atoms with Gasteiger partial charge < -0.3 is 5.73 Å². The van der Waals surface area contributed by atoms with Crippen LogP contribution in [0.3, 0.4) is 0 Å². The molecule has 0 spiro atoms. The van der Waals surface area contributed by atoms with Crippen LogP contribution in [-0.4, -0.2) is 4.98 Å². The molecule has 1 aliphatic rings. The summed E-state index contributed by atoms with van der Waals surface area (Å²) in [5.74, 6) is 1.48. The van der Waals surface area contributed by atoms with Gasteiger partial charge in [0.25, 0.3) is 0 Å². The van der Waals surface area contributed by atoms with Crippen molar-refractivity contribution >= 4 is 0 Å². The van der Waals surface area contributed by atoms with E-state index in [1.807, 2.05) is 13.1 Å². The van der Waals surface area contributed by atoms with Crippen LogP contribution in [0.1, 0.15) is 36.2 Å². The molecule has 0 aromatic carbocycles. The molecule has 0 amide bonds. The Morgan fingerprint density at radius 2 is 2.14 bits per heavy atom. The van der Waals surface area contributed by atoms with Gasteiger partial charge in [-0.05, 0) is 43.2 Å². The summed E-state index contributed by atoms with van der Waals surface area (Å²) in [4.78, 5) is 4.35. The molecule has 1 fully saturated rings. The zero-order valence-corrected chi connectivity index (χ0v) is 9.12. The van der Waals surface area contributed by atoms with Crippen LogP contribution in [0.2, 0.25) is 0 Å². The standard InChI is InChI=1S/C12H18N2/c1-7-4-10(6-14-9(7)3)12(13)11-5-8(11)2/h4,6,8,11-12H,5,13H2,1-3H3. The van der Waals surface area contributed by atoms with Gasteiger partial charge in [-0.1, -0.05) is 13.0 Å². The fraction of sp³-hybridized carbons (Fsp3) is 0.583. The number of nitrogens with zero attached hydrogens (tertiary/aromatic N) is 1. The topological polar surface area (TPSA) is 38.9 Å². The molecule has 1 aromatic heterocycles. The predicted octanol–water partition coefficient (Wildman–Crippen LogP) is 2.35. The molecule has 3 unspecified atom stereocenters. The van der Waals surface area contributed by atoms with Gasteiger partial charge in [0.2, 0.25) is 0 Å². The first-order valence-electron chi connectivity index (χ1n) is 5.28. The molecular weight excluding hydrogens is 172 g/mol. The highest BCUT2D eigenvalue weighted by molar-refractivity contribution is 5.26. The summed E-state index contributed by atoms with van der Waals surface area (Å²) < 4.78 is 0. The monoisotopic (exact) mass is 190 g/mol. The van der Waals surface area contributed by atoms with Crippen LogP contribution in [0.15, 0.2) is 12.3 Å². The summed E-state index contributed by atoms with van der Waals surface area (Å²) in [6, 6.07) is 2.37. The Balaban J connectivity index is 2.20. The van der Waals surface area contributed by atoms with Gasteiger partial charge in [-0.3, -0.25) is 4.98 Å². The van der Waals surface area contributed by atoms with Crippen molar-refractivity contribution in [2.45, 2.75) is 33.2 Å². The molecule has 1 aromatic rings. The Morgan fingerprint density at radius 3 is 2.64 bits per heavy atom. The van der Waals surface area contributed by atoms with E-state index in [4.69, 9.17) is 5.73 Å². The molecule has 76 valence electrons. The predicted molar refractivity (Wildman–Crippen MR) is 57.9 cm³/mol. The van der Waals surface area contributed by atoms with Crippen LogP contribution in [0, 0.1) is 25.7 Å². The largest absolute Gasteiger partial charge is 0.324 e. The van der Waals surface area contributed by atoms with Crippen molar-refractivity contribution in [3.8, 4) is 0 Å². The first-order valence-corrected chi connectivity index (χ1v) is 5.28. The van der Waals surface area contributed by atoms with E-state index in [2.05, 4.69) is 24.9 Å². The summed E-state index contributed by atoms with van der Waals surface area (Å²) in [7, 11) is 0. The Morgan fingerprint density at radius 1 is 1.50 bits per heavy atom. The molecule has 0 aliphatic heterocycles. The van der Waals surface area contributed by atoms with E-state index >= 15 is 0 Å². The van der Waals surface area contributed by atoms with E-state index < -0.39 is 0 Å². The lowest BCUT2D eigenvalue weighted by molar-refractivity contribution is 0.590. The van der Waals surface area contributed by atoms with Crippen LogP contribution in [-0.2, 0) is 0 Å². The molecule has 3 atom stereocenters. The minimum Gasteiger partial charge on any atom is -0.324 e. The Kier molecular flexibility index (Phi) is 2.31. The number of hydrogen-bond donors (Lipinski definition) is 1. The van der Waals surface area contributed by atoms with Gasteiger partial charge in [0.05, 0.1) is 0 Å². The second-order valence-electron chi connectivity index (χ2n) is 4.57. The minimum absolute atomic E-state index is 0.191. The maximum Gasteiger partial charge on any atom is 0.0402 e. The van der Waals surface area contributed by atoms with Crippen LogP contribution < -0.4 is 5.73 Å². The highest BCUT2D eigenvalue weighted by Crippen LogP contribution is 2.45. The zero-order chi connectivity index (χ0) is 10.3. The molecule has 14 heavy (non-hydrogen) atoms. The van der Waals surface area contributed by atoms with Crippen molar-refractivity contribution in [3.05, 3.63) is 29.1 Å². The van der Waals surface area contributed by atoms with Crippen molar-refractivity contribution < 1.29 is 0 Å². The van der Waals surface area contributed by atoms with Crippen LogP contribution in [0.25, 0.3) is 0 Å². The molecule has 2 nitrogen and oxygen atoms in total. The normalized spacial score (nSPS) is 27.4. The molecule has 1 heterocycles. The lowest BCUT2D eigenvalue weighted by Crippen LogP contribution is -2.14. The summed E-state index contributed by atoms with van der Waals surface area (Å²) in [6.07, 6.45) is 3.20. The van der Waals surface area contributed by atoms with E-state index in [0.717, 1.165) is 11.6 Å². The summed E-state index contributed by atoms with van der Waals surface area (Å²) >= 11 is 0. The Labute approximate surface area is 85.5 Å². The summed E-state index contributed by atoms with van der Waals surface area (Å²) in [5, 5.41) is 0. The van der Waals surface area contributed by atoms with Gasteiger partial charge in [-0.25, -0.2) is 0 Å². The van der Waals surface area contributed by atoms with Crippen LogP contribution >= 0.6 is 0 Å². The van der Waals surface area contributed by atoms with Crippen LogP contribution in [0.5, 0.6) is 0 Å². The smallest absolute Gasteiger partial charge is 0.0402 e. The summed E-state index contributed by atoms with van der Waals surface area (Å²) in [6.45, 7) is 6.39. The zero-order valence-electron chi connectivity index (χ0n) is 9.12. The second-order valence-corrected chi connectivity index (χ2v) is 4.57. The minimum atomic E-state index is 0.191. The number of hydrogen-bond acceptors (Lipinski definition) is 2. The van der Waals surface area contributed by atoms with E-state index in [0.29, 0.717) is 5.92 Å². The van der Waals surface area contributed by atoms with E-state index in [1.165, 1.54) is 17.5 Å². The van der Waals surface area contributed by atoms with Crippen molar-refractivity contribution in [1.29, 1.82) is 0 Å².